The van der Waals surface area contributed by atoms with Crippen LogP contribution in [0.1, 0.15) is 13.8 Å². The average Bonchev–Trinajstić information content (AvgIpc) is 2.47. The fourth-order valence-electron chi connectivity index (χ4n) is 2.73. The normalized spacial score (nSPS) is 18.4. The van der Waals surface area contributed by atoms with Gasteiger partial charge in [-0.05, 0) is 32.0 Å². The molecule has 0 bridgehead atoms. The first-order chi connectivity index (χ1) is 10.1. The first-order valence-electron chi connectivity index (χ1n) is 7.73. The second-order valence-electron chi connectivity index (χ2n) is 5.86. The molecule has 3 N–H and O–H groups in total. The highest BCUT2D eigenvalue weighted by Crippen LogP contribution is 2.23. The third-order valence-electron chi connectivity index (χ3n) is 3.65. The Labute approximate surface area is 127 Å². The maximum Gasteiger partial charge on any atom is 0.0687 e. The fourth-order valence-corrected chi connectivity index (χ4v) is 2.73. The topological polar surface area (TPSA) is 59.0 Å². The first-order valence-corrected chi connectivity index (χ1v) is 7.73. The lowest BCUT2D eigenvalue weighted by Crippen LogP contribution is -2.43. The molecule has 0 aromatic heterocycles. The largest absolute Gasteiger partial charge is 0.392 e. The van der Waals surface area contributed by atoms with Crippen molar-refractivity contribution < 1.29 is 10.2 Å². The van der Waals surface area contributed by atoms with Gasteiger partial charge in [0.1, 0.15) is 0 Å². The third-order valence-corrected chi connectivity index (χ3v) is 3.65. The van der Waals surface area contributed by atoms with Crippen LogP contribution >= 0.6 is 0 Å². The molecule has 5 heteroatoms. The summed E-state index contributed by atoms with van der Waals surface area (Å²) in [7, 11) is 0. The molecular formula is C16H27N3O2. The number of rotatable bonds is 6. The van der Waals surface area contributed by atoms with E-state index in [1.54, 1.807) is 13.8 Å². The Kier molecular flexibility index (Phi) is 5.85. The van der Waals surface area contributed by atoms with Crippen molar-refractivity contribution in [3.63, 3.8) is 0 Å². The third kappa shape index (κ3) is 4.88. The minimum Gasteiger partial charge on any atom is -0.392 e. The minimum absolute atomic E-state index is 0.424. The van der Waals surface area contributed by atoms with Crippen LogP contribution in [0.3, 0.4) is 0 Å². The van der Waals surface area contributed by atoms with Crippen molar-refractivity contribution in [2.24, 2.45) is 0 Å². The number of piperazine rings is 1. The predicted molar refractivity (Wildman–Crippen MR) is 87.1 cm³/mol. The molecule has 5 nitrogen and oxygen atoms in total. The summed E-state index contributed by atoms with van der Waals surface area (Å²) >= 11 is 0. The molecule has 1 fully saturated rings. The van der Waals surface area contributed by atoms with Gasteiger partial charge in [-0.25, -0.2) is 0 Å². The minimum atomic E-state index is -0.424. The Morgan fingerprint density at radius 3 is 2.33 bits per heavy atom. The van der Waals surface area contributed by atoms with E-state index in [4.69, 9.17) is 0 Å². The Balaban J connectivity index is 2.15. The number of anilines is 2. The van der Waals surface area contributed by atoms with Gasteiger partial charge in [0.25, 0.3) is 0 Å². The molecule has 21 heavy (non-hydrogen) atoms. The van der Waals surface area contributed by atoms with Crippen LogP contribution in [0.5, 0.6) is 0 Å². The van der Waals surface area contributed by atoms with E-state index in [9.17, 15) is 10.2 Å². The molecule has 118 valence electrons. The smallest absolute Gasteiger partial charge is 0.0687 e. The van der Waals surface area contributed by atoms with Crippen LogP contribution in [0, 0.1) is 0 Å². The number of aliphatic hydroxyl groups excluding tert-OH is 2. The van der Waals surface area contributed by atoms with E-state index in [2.05, 4.69) is 22.3 Å². The van der Waals surface area contributed by atoms with Gasteiger partial charge in [-0.1, -0.05) is 6.07 Å². The lowest BCUT2D eigenvalue weighted by Gasteiger charge is -2.32. The highest BCUT2D eigenvalue weighted by molar-refractivity contribution is 5.59. The Hall–Kier alpha value is -1.30. The molecule has 0 radical (unpaired) electrons. The fraction of sp³-hybridized carbons (Fsp3) is 0.625. The van der Waals surface area contributed by atoms with E-state index in [0.717, 1.165) is 31.9 Å². The van der Waals surface area contributed by atoms with Gasteiger partial charge in [0.05, 0.1) is 12.2 Å². The molecule has 1 aromatic carbocycles. The number of nitrogens with zero attached hydrogens (tertiary/aromatic N) is 2. The van der Waals surface area contributed by atoms with Crippen LogP contribution in [0.25, 0.3) is 0 Å². The Bertz CT molecular complexity index is 421. The monoisotopic (exact) mass is 293 g/mol. The van der Waals surface area contributed by atoms with Crippen molar-refractivity contribution >= 4 is 11.4 Å². The molecule has 1 aliphatic heterocycles. The molecule has 0 saturated carbocycles. The molecule has 0 spiro atoms. The zero-order chi connectivity index (χ0) is 15.2. The standard InChI is InChI=1S/C16H27N3O2/c1-13(20)11-19(12-14(2)21)16-5-3-4-15(10-16)18-8-6-17-7-9-18/h3-5,10,13-14,17,20-21H,6-9,11-12H2,1-2H3. The Morgan fingerprint density at radius 1 is 1.14 bits per heavy atom. The number of hydrogen-bond donors (Lipinski definition) is 3. The molecule has 2 atom stereocenters. The molecule has 0 amide bonds. The summed E-state index contributed by atoms with van der Waals surface area (Å²) in [6, 6.07) is 8.36. The molecule has 1 heterocycles. The van der Waals surface area contributed by atoms with E-state index >= 15 is 0 Å². The van der Waals surface area contributed by atoms with Crippen LogP contribution in [-0.4, -0.2) is 61.7 Å². The van der Waals surface area contributed by atoms with Crippen LogP contribution in [0.4, 0.5) is 11.4 Å². The van der Waals surface area contributed by atoms with E-state index in [0.29, 0.717) is 13.1 Å². The summed E-state index contributed by atoms with van der Waals surface area (Å²) in [5, 5.41) is 22.7. The second-order valence-corrected chi connectivity index (χ2v) is 5.86. The maximum absolute atomic E-state index is 9.67. The van der Waals surface area contributed by atoms with Gasteiger partial charge in [0, 0.05) is 50.6 Å². The van der Waals surface area contributed by atoms with Crippen molar-refractivity contribution in [3.8, 4) is 0 Å². The van der Waals surface area contributed by atoms with Gasteiger partial charge in [-0.2, -0.15) is 0 Å². The van der Waals surface area contributed by atoms with Crippen LogP contribution < -0.4 is 15.1 Å². The lowest BCUT2D eigenvalue weighted by atomic mass is 10.2. The van der Waals surface area contributed by atoms with E-state index in [-0.39, 0.29) is 0 Å². The van der Waals surface area contributed by atoms with Gasteiger partial charge in [0.2, 0.25) is 0 Å². The van der Waals surface area contributed by atoms with Crippen molar-refractivity contribution in [3.05, 3.63) is 24.3 Å². The molecule has 1 aliphatic rings. The molecular weight excluding hydrogens is 266 g/mol. The van der Waals surface area contributed by atoms with Crippen LogP contribution in [-0.2, 0) is 0 Å². The molecule has 0 aliphatic carbocycles. The predicted octanol–water partition coefficient (Wildman–Crippen LogP) is 0.664. The molecule has 2 unspecified atom stereocenters. The zero-order valence-electron chi connectivity index (χ0n) is 13.0. The summed E-state index contributed by atoms with van der Waals surface area (Å²) in [6.45, 7) is 8.63. The second kappa shape index (κ2) is 7.64. The summed E-state index contributed by atoms with van der Waals surface area (Å²) in [5.74, 6) is 0. The number of hydrogen-bond acceptors (Lipinski definition) is 5. The number of nitrogens with one attached hydrogen (secondary N) is 1. The molecule has 1 saturated heterocycles. The first kappa shape index (κ1) is 16.1. The summed E-state index contributed by atoms with van der Waals surface area (Å²) in [6.07, 6.45) is -0.849. The van der Waals surface area contributed by atoms with Crippen molar-refractivity contribution in [1.29, 1.82) is 0 Å². The average molecular weight is 293 g/mol. The van der Waals surface area contributed by atoms with E-state index in [1.807, 2.05) is 17.0 Å². The van der Waals surface area contributed by atoms with Gasteiger partial charge in [-0.15, -0.1) is 0 Å². The van der Waals surface area contributed by atoms with Gasteiger partial charge in [-0.3, -0.25) is 0 Å². The van der Waals surface area contributed by atoms with Crippen molar-refractivity contribution in [2.45, 2.75) is 26.1 Å². The number of benzene rings is 1. The molecule has 1 aromatic rings. The maximum atomic E-state index is 9.67. The summed E-state index contributed by atoms with van der Waals surface area (Å²) in [5.41, 5.74) is 2.25. The van der Waals surface area contributed by atoms with Crippen LogP contribution in [0.15, 0.2) is 24.3 Å². The van der Waals surface area contributed by atoms with E-state index in [1.165, 1.54) is 5.69 Å². The highest BCUT2D eigenvalue weighted by Gasteiger charge is 2.15. The van der Waals surface area contributed by atoms with Crippen LogP contribution in [0.2, 0.25) is 0 Å². The molecule has 2 rings (SSSR count). The van der Waals surface area contributed by atoms with E-state index < -0.39 is 12.2 Å². The zero-order valence-corrected chi connectivity index (χ0v) is 13.0. The van der Waals surface area contributed by atoms with Gasteiger partial charge >= 0.3 is 0 Å². The van der Waals surface area contributed by atoms with Crippen molar-refractivity contribution in [2.75, 3.05) is 49.1 Å². The lowest BCUT2D eigenvalue weighted by molar-refractivity contribution is 0.178. The SMILES string of the molecule is CC(O)CN(CC(C)O)c1cccc(N2CCNCC2)c1. The van der Waals surface area contributed by atoms with Crippen molar-refractivity contribution in [1.82, 2.24) is 5.32 Å². The van der Waals surface area contributed by atoms with Gasteiger partial charge < -0.3 is 25.3 Å². The quantitative estimate of drug-likeness (QED) is 0.719. The summed E-state index contributed by atoms with van der Waals surface area (Å²) < 4.78 is 0. The Morgan fingerprint density at radius 2 is 1.76 bits per heavy atom. The van der Waals surface area contributed by atoms with Gasteiger partial charge in [0.15, 0.2) is 0 Å². The number of aliphatic hydroxyl groups is 2. The highest BCUT2D eigenvalue weighted by atomic mass is 16.3. The summed E-state index contributed by atoms with van der Waals surface area (Å²) in [4.78, 5) is 4.41.